The van der Waals surface area contributed by atoms with Gasteiger partial charge in [0.2, 0.25) is 0 Å². The largest absolute Gasteiger partial charge is 0.309 e. The van der Waals surface area contributed by atoms with Crippen LogP contribution < -0.4 is 5.32 Å². The Labute approximate surface area is 126 Å². The maximum atomic E-state index is 4.41. The molecule has 2 aromatic rings. The molecule has 0 aliphatic carbocycles. The molecule has 0 spiro atoms. The van der Waals surface area contributed by atoms with Gasteiger partial charge in [0.1, 0.15) is 0 Å². The summed E-state index contributed by atoms with van der Waals surface area (Å²) in [5, 5.41) is 3.55. The van der Waals surface area contributed by atoms with Gasteiger partial charge in [0.15, 0.2) is 0 Å². The average Bonchev–Trinajstić information content (AvgIpc) is 2.46. The number of benzene rings is 1. The molecule has 0 radical (unpaired) electrons. The molecule has 2 nitrogen and oxygen atoms in total. The lowest BCUT2D eigenvalue weighted by Crippen LogP contribution is -2.23. The van der Waals surface area contributed by atoms with E-state index in [2.05, 4.69) is 60.5 Å². The van der Waals surface area contributed by atoms with Crippen LogP contribution in [0.5, 0.6) is 0 Å². The van der Waals surface area contributed by atoms with Gasteiger partial charge in [-0.3, -0.25) is 4.98 Å². The molecule has 1 aromatic carbocycles. The molecule has 106 valence electrons. The molecule has 0 aliphatic heterocycles. The van der Waals surface area contributed by atoms with Crippen molar-refractivity contribution in [3.63, 3.8) is 0 Å². The van der Waals surface area contributed by atoms with Crippen LogP contribution >= 0.6 is 11.8 Å². The van der Waals surface area contributed by atoms with E-state index >= 15 is 0 Å². The van der Waals surface area contributed by atoms with Crippen LogP contribution in [0.2, 0.25) is 0 Å². The zero-order valence-electron chi connectivity index (χ0n) is 12.4. The summed E-state index contributed by atoms with van der Waals surface area (Å²) in [4.78, 5) is 5.76. The molecule has 0 aliphatic rings. The van der Waals surface area contributed by atoms with Crippen LogP contribution in [0, 0.1) is 13.8 Å². The van der Waals surface area contributed by atoms with Crippen LogP contribution in [0.1, 0.15) is 29.8 Å². The molecule has 0 saturated heterocycles. The molecule has 1 aromatic heterocycles. The summed E-state index contributed by atoms with van der Waals surface area (Å²) < 4.78 is 0. The molecule has 0 fully saturated rings. The SMILES string of the molecule is CCNC(CSc1ccccc1C)c1ccc(C)nc1. The lowest BCUT2D eigenvalue weighted by atomic mass is 10.1. The molecular weight excluding hydrogens is 264 g/mol. The second-order valence-electron chi connectivity index (χ2n) is 4.92. The summed E-state index contributed by atoms with van der Waals surface area (Å²) in [6.45, 7) is 7.30. The summed E-state index contributed by atoms with van der Waals surface area (Å²) in [7, 11) is 0. The minimum atomic E-state index is 0.345. The van der Waals surface area contributed by atoms with Crippen molar-refractivity contribution in [2.45, 2.75) is 31.7 Å². The Morgan fingerprint density at radius 1 is 1.15 bits per heavy atom. The molecule has 1 heterocycles. The van der Waals surface area contributed by atoms with Crippen LogP contribution in [-0.4, -0.2) is 17.3 Å². The first kappa shape index (κ1) is 15.1. The van der Waals surface area contributed by atoms with Crippen LogP contribution in [0.25, 0.3) is 0 Å². The lowest BCUT2D eigenvalue weighted by Gasteiger charge is -2.18. The van der Waals surface area contributed by atoms with Gasteiger partial charge >= 0.3 is 0 Å². The average molecular weight is 286 g/mol. The summed E-state index contributed by atoms with van der Waals surface area (Å²) in [6, 6.07) is 13.1. The van der Waals surface area contributed by atoms with Gasteiger partial charge in [-0.05, 0) is 43.7 Å². The number of aryl methyl sites for hydroxylation is 2. The van der Waals surface area contributed by atoms with E-state index < -0.39 is 0 Å². The number of nitrogens with one attached hydrogen (secondary N) is 1. The fourth-order valence-electron chi connectivity index (χ4n) is 2.10. The molecule has 0 amide bonds. The number of hydrogen-bond donors (Lipinski definition) is 1. The Kier molecular flexibility index (Phi) is 5.62. The van der Waals surface area contributed by atoms with E-state index in [4.69, 9.17) is 0 Å². The monoisotopic (exact) mass is 286 g/mol. The van der Waals surface area contributed by atoms with Gasteiger partial charge in [-0.2, -0.15) is 0 Å². The van der Waals surface area contributed by atoms with Gasteiger partial charge in [0.25, 0.3) is 0 Å². The van der Waals surface area contributed by atoms with Crippen molar-refractivity contribution in [1.29, 1.82) is 0 Å². The Hall–Kier alpha value is -1.32. The van der Waals surface area contributed by atoms with E-state index in [0.29, 0.717) is 6.04 Å². The normalized spacial score (nSPS) is 12.3. The minimum Gasteiger partial charge on any atom is -0.309 e. The molecule has 1 atom stereocenters. The maximum absolute atomic E-state index is 4.41. The minimum absolute atomic E-state index is 0.345. The second-order valence-corrected chi connectivity index (χ2v) is 5.98. The van der Waals surface area contributed by atoms with Crippen molar-refractivity contribution in [2.75, 3.05) is 12.3 Å². The van der Waals surface area contributed by atoms with E-state index in [-0.39, 0.29) is 0 Å². The standard InChI is InChI=1S/C17H22N2S/c1-4-18-16(15-10-9-14(3)19-11-15)12-20-17-8-6-5-7-13(17)2/h5-11,16,18H,4,12H2,1-3H3. The van der Waals surface area contributed by atoms with E-state index in [1.165, 1.54) is 16.0 Å². The van der Waals surface area contributed by atoms with Gasteiger partial charge in [-0.1, -0.05) is 31.2 Å². The van der Waals surface area contributed by atoms with Crippen LogP contribution in [0.15, 0.2) is 47.5 Å². The molecule has 1 N–H and O–H groups in total. The van der Waals surface area contributed by atoms with Gasteiger partial charge in [0, 0.05) is 28.6 Å². The van der Waals surface area contributed by atoms with Crippen LogP contribution in [0.4, 0.5) is 0 Å². The summed E-state index contributed by atoms with van der Waals surface area (Å²) in [5.41, 5.74) is 3.67. The van der Waals surface area contributed by atoms with E-state index in [1.54, 1.807) is 0 Å². The van der Waals surface area contributed by atoms with Crippen molar-refractivity contribution >= 4 is 11.8 Å². The number of hydrogen-bond acceptors (Lipinski definition) is 3. The van der Waals surface area contributed by atoms with E-state index in [0.717, 1.165) is 18.0 Å². The Morgan fingerprint density at radius 3 is 2.60 bits per heavy atom. The maximum Gasteiger partial charge on any atom is 0.0430 e. The zero-order chi connectivity index (χ0) is 14.4. The van der Waals surface area contributed by atoms with Gasteiger partial charge in [-0.15, -0.1) is 11.8 Å². The first-order valence-corrected chi connectivity index (χ1v) is 8.03. The highest BCUT2D eigenvalue weighted by molar-refractivity contribution is 7.99. The molecule has 0 saturated carbocycles. The zero-order valence-corrected chi connectivity index (χ0v) is 13.2. The fraction of sp³-hybridized carbons (Fsp3) is 0.353. The molecular formula is C17H22N2S. The predicted octanol–water partition coefficient (Wildman–Crippen LogP) is 4.14. The third kappa shape index (κ3) is 4.09. The molecule has 20 heavy (non-hydrogen) atoms. The number of pyridine rings is 1. The first-order chi connectivity index (χ1) is 9.70. The molecule has 2 rings (SSSR count). The summed E-state index contributed by atoms with van der Waals surface area (Å²) in [6.07, 6.45) is 1.99. The van der Waals surface area contributed by atoms with Gasteiger partial charge < -0.3 is 5.32 Å². The second kappa shape index (κ2) is 7.46. The van der Waals surface area contributed by atoms with Crippen molar-refractivity contribution in [3.05, 3.63) is 59.4 Å². The Bertz CT molecular complexity index is 537. The summed E-state index contributed by atoms with van der Waals surface area (Å²) >= 11 is 1.90. The van der Waals surface area contributed by atoms with Gasteiger partial charge in [-0.25, -0.2) is 0 Å². The quantitative estimate of drug-likeness (QED) is 0.808. The first-order valence-electron chi connectivity index (χ1n) is 7.05. The van der Waals surface area contributed by atoms with Gasteiger partial charge in [0.05, 0.1) is 0 Å². The highest BCUT2D eigenvalue weighted by Gasteiger charge is 2.11. The third-order valence-corrected chi connectivity index (χ3v) is 4.56. The highest BCUT2D eigenvalue weighted by atomic mass is 32.2. The van der Waals surface area contributed by atoms with Crippen molar-refractivity contribution in [3.8, 4) is 0 Å². The van der Waals surface area contributed by atoms with E-state index in [9.17, 15) is 0 Å². The molecule has 1 unspecified atom stereocenters. The third-order valence-electron chi connectivity index (χ3n) is 3.29. The van der Waals surface area contributed by atoms with Crippen molar-refractivity contribution < 1.29 is 0 Å². The number of thioether (sulfide) groups is 1. The number of nitrogens with zero attached hydrogens (tertiary/aromatic N) is 1. The molecule has 0 bridgehead atoms. The topological polar surface area (TPSA) is 24.9 Å². The highest BCUT2D eigenvalue weighted by Crippen LogP contribution is 2.26. The Balaban J connectivity index is 2.06. The number of aromatic nitrogens is 1. The smallest absolute Gasteiger partial charge is 0.0430 e. The van der Waals surface area contributed by atoms with Crippen LogP contribution in [-0.2, 0) is 0 Å². The van der Waals surface area contributed by atoms with Crippen molar-refractivity contribution in [1.82, 2.24) is 10.3 Å². The lowest BCUT2D eigenvalue weighted by molar-refractivity contribution is 0.603. The predicted molar refractivity (Wildman–Crippen MR) is 87.3 cm³/mol. The molecule has 3 heteroatoms. The van der Waals surface area contributed by atoms with Crippen molar-refractivity contribution in [2.24, 2.45) is 0 Å². The van der Waals surface area contributed by atoms with Crippen LogP contribution in [0.3, 0.4) is 0 Å². The Morgan fingerprint density at radius 2 is 1.95 bits per heavy atom. The van der Waals surface area contributed by atoms with E-state index in [1.807, 2.05) is 24.9 Å². The number of rotatable bonds is 6. The fourth-order valence-corrected chi connectivity index (χ4v) is 3.22. The summed E-state index contributed by atoms with van der Waals surface area (Å²) in [5.74, 6) is 1.02.